The van der Waals surface area contributed by atoms with Crippen molar-refractivity contribution in [3.63, 3.8) is 0 Å². The number of hydrogen-bond donors (Lipinski definition) is 0. The van der Waals surface area contributed by atoms with Crippen LogP contribution >= 0.6 is 0 Å². The fraction of sp³-hybridized carbons (Fsp3) is 0.722. The second-order valence-corrected chi connectivity index (χ2v) is 7.51. The Morgan fingerprint density at radius 3 is 2.96 bits per heavy atom. The van der Waals surface area contributed by atoms with Gasteiger partial charge in [-0.2, -0.15) is 5.26 Å². The molecule has 0 unspecified atom stereocenters. The van der Waals surface area contributed by atoms with E-state index < -0.39 is 17.4 Å². The van der Waals surface area contributed by atoms with E-state index in [1.807, 2.05) is 0 Å². The summed E-state index contributed by atoms with van der Waals surface area (Å²) in [5.41, 5.74) is -0.434. The van der Waals surface area contributed by atoms with E-state index in [-0.39, 0.29) is 17.9 Å². The molecule has 2 aliphatic carbocycles. The van der Waals surface area contributed by atoms with E-state index >= 15 is 0 Å². The second-order valence-electron chi connectivity index (χ2n) is 7.51. The molecule has 0 amide bonds. The molecule has 2 saturated heterocycles. The molecular formula is C18H22N2O3. The monoisotopic (exact) mass is 314 g/mol. The molecule has 0 aromatic heterocycles. The summed E-state index contributed by atoms with van der Waals surface area (Å²) in [6.07, 6.45) is 9.08. The lowest BCUT2D eigenvalue weighted by Crippen LogP contribution is -2.63. The van der Waals surface area contributed by atoms with Gasteiger partial charge in [0, 0.05) is 18.0 Å². The number of methoxy groups -OCH3 is 1. The predicted octanol–water partition coefficient (Wildman–Crippen LogP) is 1.54. The summed E-state index contributed by atoms with van der Waals surface area (Å²) in [7, 11) is 1.39. The molecule has 4 aliphatic rings. The number of nitriles is 1. The molecular weight excluding hydrogens is 292 g/mol. The summed E-state index contributed by atoms with van der Waals surface area (Å²) in [5.74, 6) is 0.128. The number of piperidine rings is 1. The molecule has 7 atom stereocenters. The minimum Gasteiger partial charge on any atom is -0.469 e. The van der Waals surface area contributed by atoms with Crippen molar-refractivity contribution in [1.82, 2.24) is 4.90 Å². The Labute approximate surface area is 136 Å². The van der Waals surface area contributed by atoms with Gasteiger partial charge < -0.3 is 9.53 Å². The molecule has 0 spiro atoms. The van der Waals surface area contributed by atoms with Crippen molar-refractivity contribution in [2.24, 2.45) is 29.1 Å². The van der Waals surface area contributed by atoms with Gasteiger partial charge in [0.1, 0.15) is 12.3 Å². The Morgan fingerprint density at radius 1 is 1.43 bits per heavy atom. The van der Waals surface area contributed by atoms with Gasteiger partial charge in [0.25, 0.3) is 0 Å². The fourth-order valence-electron chi connectivity index (χ4n) is 6.13. The number of allylic oxidation sites excluding steroid dienone is 2. The van der Waals surface area contributed by atoms with E-state index in [0.717, 1.165) is 38.5 Å². The van der Waals surface area contributed by atoms with Crippen LogP contribution < -0.4 is 0 Å². The maximum absolute atomic E-state index is 12.4. The molecule has 0 aromatic rings. The molecule has 0 aromatic carbocycles. The van der Waals surface area contributed by atoms with Crippen molar-refractivity contribution in [3.05, 3.63) is 12.2 Å². The van der Waals surface area contributed by atoms with Gasteiger partial charge in [-0.1, -0.05) is 12.2 Å². The molecule has 5 heteroatoms. The van der Waals surface area contributed by atoms with Crippen LogP contribution in [0.5, 0.6) is 0 Å². The van der Waals surface area contributed by atoms with Crippen molar-refractivity contribution in [1.29, 1.82) is 5.26 Å². The zero-order valence-electron chi connectivity index (χ0n) is 13.4. The number of nitrogens with zero attached hydrogens (tertiary/aromatic N) is 2. The van der Waals surface area contributed by atoms with Crippen molar-refractivity contribution in [3.8, 4) is 6.07 Å². The van der Waals surface area contributed by atoms with Crippen LogP contribution in [-0.2, 0) is 14.3 Å². The number of ether oxygens (including phenoxy) is 1. The molecule has 122 valence electrons. The smallest absolute Gasteiger partial charge is 0.311 e. The minimum absolute atomic E-state index is 0.00602. The van der Waals surface area contributed by atoms with Crippen LogP contribution in [0.2, 0.25) is 0 Å². The lowest BCUT2D eigenvalue weighted by molar-refractivity contribution is -0.149. The summed E-state index contributed by atoms with van der Waals surface area (Å²) in [6, 6.07) is 1.90. The Balaban J connectivity index is 1.85. The molecule has 2 heterocycles. The van der Waals surface area contributed by atoms with E-state index in [2.05, 4.69) is 23.1 Å². The number of aldehydes is 1. The maximum Gasteiger partial charge on any atom is 0.311 e. The van der Waals surface area contributed by atoms with Gasteiger partial charge in [-0.25, -0.2) is 0 Å². The average Bonchev–Trinajstić information content (AvgIpc) is 2.86. The highest BCUT2D eigenvalue weighted by molar-refractivity contribution is 5.76. The summed E-state index contributed by atoms with van der Waals surface area (Å²) < 4.78 is 5.01. The molecule has 0 radical (unpaired) electrons. The van der Waals surface area contributed by atoms with Crippen LogP contribution in [0.3, 0.4) is 0 Å². The highest BCUT2D eigenvalue weighted by atomic mass is 16.5. The number of rotatable bonds is 2. The SMILES string of the molecule is COC(=O)[C@H]1[C@H]2CC[C@H]3[C@@H]4CC=CC[C@@]3(C=O)[C@H]2N(C4)[C@@H]1C#N. The number of carbonyl (C=O) groups is 2. The lowest BCUT2D eigenvalue weighted by atomic mass is 9.53. The third kappa shape index (κ3) is 1.76. The summed E-state index contributed by atoms with van der Waals surface area (Å²) in [5, 5.41) is 9.73. The third-order valence-electron chi connectivity index (χ3n) is 6.89. The Hall–Kier alpha value is -1.67. The van der Waals surface area contributed by atoms with E-state index in [1.165, 1.54) is 7.11 Å². The quantitative estimate of drug-likeness (QED) is 0.439. The van der Waals surface area contributed by atoms with Crippen LogP contribution in [0.25, 0.3) is 0 Å². The second kappa shape index (κ2) is 5.17. The Bertz CT molecular complexity index is 610. The first kappa shape index (κ1) is 14.9. The van der Waals surface area contributed by atoms with Crippen LogP contribution in [0.4, 0.5) is 0 Å². The third-order valence-corrected chi connectivity index (χ3v) is 6.89. The number of carbonyl (C=O) groups excluding carboxylic acids is 2. The van der Waals surface area contributed by atoms with Gasteiger partial charge in [-0.15, -0.1) is 0 Å². The Morgan fingerprint density at radius 2 is 2.26 bits per heavy atom. The first-order valence-corrected chi connectivity index (χ1v) is 8.52. The summed E-state index contributed by atoms with van der Waals surface area (Å²) in [4.78, 5) is 26.8. The molecule has 4 bridgehead atoms. The number of esters is 1. The molecule has 5 nitrogen and oxygen atoms in total. The van der Waals surface area contributed by atoms with Crippen LogP contribution in [-0.4, -0.2) is 42.9 Å². The number of hydrogen-bond acceptors (Lipinski definition) is 5. The van der Waals surface area contributed by atoms with E-state index in [0.29, 0.717) is 11.8 Å². The first-order chi connectivity index (χ1) is 11.2. The average molecular weight is 314 g/mol. The highest BCUT2D eigenvalue weighted by Gasteiger charge is 2.67. The van der Waals surface area contributed by atoms with Crippen LogP contribution in [0.15, 0.2) is 12.2 Å². The van der Waals surface area contributed by atoms with Gasteiger partial charge in [0.2, 0.25) is 0 Å². The van der Waals surface area contributed by atoms with Gasteiger partial charge in [-0.05, 0) is 43.4 Å². The first-order valence-electron chi connectivity index (χ1n) is 8.52. The molecule has 3 fully saturated rings. The molecule has 2 aliphatic heterocycles. The normalized spacial score (nSPS) is 47.5. The maximum atomic E-state index is 12.4. The van der Waals surface area contributed by atoms with Gasteiger partial charge in [0.15, 0.2) is 0 Å². The predicted molar refractivity (Wildman–Crippen MR) is 82.0 cm³/mol. The van der Waals surface area contributed by atoms with Crippen molar-refractivity contribution < 1.29 is 14.3 Å². The molecule has 0 N–H and O–H groups in total. The van der Waals surface area contributed by atoms with Crippen molar-refractivity contribution in [2.75, 3.05) is 13.7 Å². The van der Waals surface area contributed by atoms with E-state index in [1.54, 1.807) is 0 Å². The van der Waals surface area contributed by atoms with Crippen molar-refractivity contribution >= 4 is 12.3 Å². The fourth-order valence-corrected chi connectivity index (χ4v) is 6.13. The minimum atomic E-state index is -0.462. The zero-order chi connectivity index (χ0) is 16.2. The van der Waals surface area contributed by atoms with Crippen LogP contribution in [0.1, 0.15) is 25.7 Å². The highest BCUT2D eigenvalue weighted by Crippen LogP contribution is 2.61. The largest absolute Gasteiger partial charge is 0.469 e. The van der Waals surface area contributed by atoms with Crippen molar-refractivity contribution in [2.45, 2.75) is 37.8 Å². The standard InChI is InChI=1S/C18H22N2O3/c1-23-17(22)15-12-5-6-13-11-4-2-3-7-18(13,10-21)16(12)20(9-11)14(15)8-19/h2-3,10-16H,4-7,9H2,1H3/t11-,12-,13+,14-,15+,16+,18+/m1/s1. The lowest BCUT2D eigenvalue weighted by Gasteiger charge is -2.57. The van der Waals surface area contributed by atoms with E-state index in [4.69, 9.17) is 4.74 Å². The van der Waals surface area contributed by atoms with E-state index in [9.17, 15) is 14.9 Å². The summed E-state index contributed by atoms with van der Waals surface area (Å²) in [6.45, 7) is 0.817. The van der Waals surface area contributed by atoms with Gasteiger partial charge >= 0.3 is 5.97 Å². The molecule has 23 heavy (non-hydrogen) atoms. The molecule has 4 rings (SSSR count). The van der Waals surface area contributed by atoms with Gasteiger partial charge in [0.05, 0.1) is 19.1 Å². The van der Waals surface area contributed by atoms with Crippen LogP contribution in [0, 0.1) is 40.4 Å². The Kier molecular flexibility index (Phi) is 3.35. The molecule has 1 saturated carbocycles. The summed E-state index contributed by atoms with van der Waals surface area (Å²) >= 11 is 0. The zero-order valence-corrected chi connectivity index (χ0v) is 13.4. The van der Waals surface area contributed by atoms with Gasteiger partial charge in [-0.3, -0.25) is 9.69 Å². The topological polar surface area (TPSA) is 70.4 Å².